The van der Waals surface area contributed by atoms with E-state index in [1.54, 1.807) is 24.3 Å². The summed E-state index contributed by atoms with van der Waals surface area (Å²) in [5.74, 6) is 8.49. The summed E-state index contributed by atoms with van der Waals surface area (Å²) in [5.41, 5.74) is -0.227. The fraction of sp³-hybridized carbons (Fsp3) is 0.0435. The second-order valence-electron chi connectivity index (χ2n) is 5.76. The third kappa shape index (κ3) is 4.78. The van der Waals surface area contributed by atoms with E-state index in [9.17, 15) is 22.0 Å². The first-order chi connectivity index (χ1) is 13.3. The predicted octanol–water partition coefficient (Wildman–Crippen LogP) is 5.78. The zero-order chi connectivity index (χ0) is 20.1. The molecular weight excluding hydrogens is 371 g/mol. The molecule has 5 heteroatoms. The molecule has 3 rings (SSSR count). The Kier molecular flexibility index (Phi) is 5.47. The molecule has 0 nitrogen and oxygen atoms in total. The van der Waals surface area contributed by atoms with Crippen molar-refractivity contribution >= 4 is 0 Å². The average Bonchev–Trinajstić information content (AvgIpc) is 2.66. The molecule has 0 spiro atoms. The van der Waals surface area contributed by atoms with Gasteiger partial charge in [0.2, 0.25) is 0 Å². The topological polar surface area (TPSA) is 0 Å². The Balaban J connectivity index is 1.85. The lowest BCUT2D eigenvalue weighted by atomic mass is 10.1. The van der Waals surface area contributed by atoms with Crippen molar-refractivity contribution in [2.75, 3.05) is 0 Å². The highest BCUT2D eigenvalue weighted by molar-refractivity contribution is 5.49. The zero-order valence-electron chi connectivity index (χ0n) is 14.2. The van der Waals surface area contributed by atoms with Crippen LogP contribution in [0.3, 0.4) is 0 Å². The third-order valence-corrected chi connectivity index (χ3v) is 3.71. The van der Waals surface area contributed by atoms with Gasteiger partial charge in [0, 0.05) is 16.7 Å². The minimum absolute atomic E-state index is 0.152. The molecule has 0 aromatic heterocycles. The summed E-state index contributed by atoms with van der Waals surface area (Å²) in [4.78, 5) is 0. The van der Waals surface area contributed by atoms with E-state index < -0.39 is 28.9 Å². The Morgan fingerprint density at radius 3 is 1.64 bits per heavy atom. The molecule has 0 bridgehead atoms. The minimum Gasteiger partial charge on any atom is -0.205 e. The van der Waals surface area contributed by atoms with Gasteiger partial charge in [0.05, 0.1) is 11.1 Å². The maximum Gasteiger partial charge on any atom is 0.416 e. The van der Waals surface area contributed by atoms with Crippen LogP contribution in [0, 0.1) is 35.3 Å². The SMILES string of the molecule is Fc1cc(C#Cc2ccccc2)cc(F)c1C#Cc1ccc(C(F)(F)F)cc1. The molecule has 0 atom stereocenters. The number of halogens is 5. The fourth-order valence-corrected chi connectivity index (χ4v) is 2.31. The van der Waals surface area contributed by atoms with Crippen molar-refractivity contribution in [2.45, 2.75) is 6.18 Å². The molecule has 28 heavy (non-hydrogen) atoms. The molecule has 138 valence electrons. The smallest absolute Gasteiger partial charge is 0.205 e. The van der Waals surface area contributed by atoms with Crippen LogP contribution >= 0.6 is 0 Å². The van der Waals surface area contributed by atoms with E-state index in [1.165, 1.54) is 0 Å². The molecular formula is C23H11F5. The van der Waals surface area contributed by atoms with Crippen LogP contribution < -0.4 is 0 Å². The predicted molar refractivity (Wildman–Crippen MR) is 96.2 cm³/mol. The number of rotatable bonds is 0. The van der Waals surface area contributed by atoms with Crippen LogP contribution in [0.25, 0.3) is 0 Å². The lowest BCUT2D eigenvalue weighted by Gasteiger charge is -2.05. The van der Waals surface area contributed by atoms with Gasteiger partial charge in [-0.25, -0.2) is 8.78 Å². The molecule has 3 aromatic rings. The first kappa shape index (κ1) is 19.2. The fourth-order valence-electron chi connectivity index (χ4n) is 2.31. The largest absolute Gasteiger partial charge is 0.416 e. The van der Waals surface area contributed by atoms with Gasteiger partial charge in [-0.1, -0.05) is 41.9 Å². The van der Waals surface area contributed by atoms with Crippen molar-refractivity contribution in [3.63, 3.8) is 0 Å². The number of alkyl halides is 3. The van der Waals surface area contributed by atoms with Crippen molar-refractivity contribution in [3.8, 4) is 23.7 Å². The molecule has 0 heterocycles. The number of benzene rings is 3. The lowest BCUT2D eigenvalue weighted by molar-refractivity contribution is -0.137. The van der Waals surface area contributed by atoms with Gasteiger partial charge in [-0.2, -0.15) is 13.2 Å². The number of hydrogen-bond acceptors (Lipinski definition) is 0. The molecule has 0 saturated carbocycles. The normalized spacial score (nSPS) is 10.5. The van der Waals surface area contributed by atoms with Gasteiger partial charge < -0.3 is 0 Å². The van der Waals surface area contributed by atoms with Crippen LogP contribution in [0.1, 0.15) is 27.8 Å². The van der Waals surface area contributed by atoms with Gasteiger partial charge in [0.25, 0.3) is 0 Å². The van der Waals surface area contributed by atoms with Crippen LogP contribution in [0.2, 0.25) is 0 Å². The Morgan fingerprint density at radius 1 is 0.571 bits per heavy atom. The summed E-state index contributed by atoms with van der Waals surface area (Å²) in [7, 11) is 0. The van der Waals surface area contributed by atoms with E-state index in [0.717, 1.165) is 36.4 Å². The Morgan fingerprint density at radius 2 is 1.07 bits per heavy atom. The molecule has 0 saturated heterocycles. The zero-order valence-corrected chi connectivity index (χ0v) is 14.2. The standard InChI is InChI=1S/C23H11F5/c24-21-14-18(7-6-16-4-2-1-3-5-16)15-22(25)20(21)13-10-17-8-11-19(12-9-17)23(26,27)28/h1-5,8-9,11-12,14-15H. The van der Waals surface area contributed by atoms with E-state index in [-0.39, 0.29) is 11.1 Å². The summed E-state index contributed by atoms with van der Waals surface area (Å²) in [6.45, 7) is 0. The van der Waals surface area contributed by atoms with E-state index in [0.29, 0.717) is 5.56 Å². The highest BCUT2D eigenvalue weighted by atomic mass is 19.4. The van der Waals surface area contributed by atoms with Crippen LogP contribution in [0.5, 0.6) is 0 Å². The van der Waals surface area contributed by atoms with E-state index in [1.807, 2.05) is 6.07 Å². The van der Waals surface area contributed by atoms with Crippen molar-refractivity contribution in [2.24, 2.45) is 0 Å². The average molecular weight is 382 g/mol. The van der Waals surface area contributed by atoms with Gasteiger partial charge in [-0.15, -0.1) is 0 Å². The van der Waals surface area contributed by atoms with Crippen molar-refractivity contribution in [1.29, 1.82) is 0 Å². The molecule has 0 N–H and O–H groups in total. The van der Waals surface area contributed by atoms with Crippen molar-refractivity contribution in [3.05, 3.63) is 106 Å². The molecule has 0 radical (unpaired) electrons. The Hall–Kier alpha value is -3.57. The Bertz CT molecular complexity index is 1080. The molecule has 0 aliphatic rings. The second kappa shape index (κ2) is 7.98. The van der Waals surface area contributed by atoms with Gasteiger partial charge in [0.15, 0.2) is 0 Å². The lowest BCUT2D eigenvalue weighted by Crippen LogP contribution is -2.04. The monoisotopic (exact) mass is 382 g/mol. The highest BCUT2D eigenvalue weighted by Crippen LogP contribution is 2.29. The van der Waals surface area contributed by atoms with Gasteiger partial charge >= 0.3 is 6.18 Å². The molecule has 0 aliphatic carbocycles. The Labute approximate surface area is 158 Å². The summed E-state index contributed by atoms with van der Waals surface area (Å²) in [6, 6.07) is 15.1. The molecule has 0 aliphatic heterocycles. The van der Waals surface area contributed by atoms with Crippen LogP contribution in [0.15, 0.2) is 66.7 Å². The number of hydrogen-bond donors (Lipinski definition) is 0. The van der Waals surface area contributed by atoms with Crippen LogP contribution in [-0.4, -0.2) is 0 Å². The molecule has 3 aromatic carbocycles. The van der Waals surface area contributed by atoms with Crippen molar-refractivity contribution < 1.29 is 22.0 Å². The van der Waals surface area contributed by atoms with E-state index >= 15 is 0 Å². The maximum absolute atomic E-state index is 14.2. The molecule has 0 amide bonds. The van der Waals surface area contributed by atoms with Gasteiger partial charge in [-0.3, -0.25) is 0 Å². The maximum atomic E-state index is 14.2. The van der Waals surface area contributed by atoms with E-state index in [4.69, 9.17) is 0 Å². The minimum atomic E-state index is -4.46. The van der Waals surface area contributed by atoms with Crippen LogP contribution in [-0.2, 0) is 6.18 Å². The molecule has 0 unspecified atom stereocenters. The summed E-state index contributed by atoms with van der Waals surface area (Å²) >= 11 is 0. The molecule has 0 fully saturated rings. The highest BCUT2D eigenvalue weighted by Gasteiger charge is 2.29. The van der Waals surface area contributed by atoms with Crippen LogP contribution in [0.4, 0.5) is 22.0 Å². The quantitative estimate of drug-likeness (QED) is 0.341. The first-order valence-corrected chi connectivity index (χ1v) is 8.08. The first-order valence-electron chi connectivity index (χ1n) is 8.08. The second-order valence-corrected chi connectivity index (χ2v) is 5.76. The summed E-state index contributed by atoms with van der Waals surface area (Å²) < 4.78 is 66.0. The van der Waals surface area contributed by atoms with Gasteiger partial charge in [0.1, 0.15) is 11.6 Å². The third-order valence-electron chi connectivity index (χ3n) is 3.71. The van der Waals surface area contributed by atoms with Crippen molar-refractivity contribution in [1.82, 2.24) is 0 Å². The summed E-state index contributed by atoms with van der Waals surface area (Å²) in [5, 5.41) is 0. The van der Waals surface area contributed by atoms with E-state index in [2.05, 4.69) is 23.7 Å². The summed E-state index contributed by atoms with van der Waals surface area (Å²) in [6.07, 6.45) is -4.46. The van der Waals surface area contributed by atoms with Gasteiger partial charge in [-0.05, 0) is 48.5 Å².